The number of carbonyl (C=O) groups excluding carboxylic acids is 1. The highest BCUT2D eigenvalue weighted by Crippen LogP contribution is 2.24. The van der Waals surface area contributed by atoms with Crippen molar-refractivity contribution in [1.82, 2.24) is 4.98 Å². The summed E-state index contributed by atoms with van der Waals surface area (Å²) in [5.74, 6) is -1.24. The molecule has 0 saturated heterocycles. The van der Waals surface area contributed by atoms with Gasteiger partial charge < -0.3 is 5.32 Å². The SMILES string of the molecule is O=C(CN(c1ccc(F)cc1)S(=O)(=O)c1ccccc1)Nc1ccc(S(=O)(=O)Nc2cccnc2)cc1. The molecule has 0 saturated carbocycles. The second-order valence-corrected chi connectivity index (χ2v) is 11.3. The minimum absolute atomic E-state index is 0.0391. The zero-order valence-electron chi connectivity index (χ0n) is 19.2. The van der Waals surface area contributed by atoms with Gasteiger partial charge in [0.25, 0.3) is 20.0 Å². The molecule has 1 aromatic heterocycles. The van der Waals surface area contributed by atoms with Gasteiger partial charge in [-0.25, -0.2) is 21.2 Å². The number of sulfonamides is 2. The quantitative estimate of drug-likeness (QED) is 0.332. The Balaban J connectivity index is 1.52. The van der Waals surface area contributed by atoms with Crippen molar-refractivity contribution in [3.8, 4) is 0 Å². The molecule has 0 spiro atoms. The predicted molar refractivity (Wildman–Crippen MR) is 137 cm³/mol. The lowest BCUT2D eigenvalue weighted by molar-refractivity contribution is -0.114. The molecule has 37 heavy (non-hydrogen) atoms. The molecular formula is C25H21FN4O5S2. The molecule has 0 atom stereocenters. The Bertz CT molecular complexity index is 1580. The predicted octanol–water partition coefficient (Wildman–Crippen LogP) is 3.86. The van der Waals surface area contributed by atoms with E-state index in [1.54, 1.807) is 30.3 Å². The third-order valence-electron chi connectivity index (χ3n) is 5.10. The Kier molecular flexibility index (Phi) is 7.50. The van der Waals surface area contributed by atoms with Crippen LogP contribution in [0.15, 0.2) is 113 Å². The van der Waals surface area contributed by atoms with Crippen LogP contribution in [0.2, 0.25) is 0 Å². The Morgan fingerprint density at radius 2 is 1.46 bits per heavy atom. The first-order valence-corrected chi connectivity index (χ1v) is 13.7. The van der Waals surface area contributed by atoms with Gasteiger partial charge in [-0.05, 0) is 72.8 Å². The van der Waals surface area contributed by atoms with Crippen LogP contribution in [0.1, 0.15) is 0 Å². The van der Waals surface area contributed by atoms with Crippen LogP contribution in [0.4, 0.5) is 21.5 Å². The van der Waals surface area contributed by atoms with E-state index in [-0.39, 0.29) is 21.2 Å². The largest absolute Gasteiger partial charge is 0.325 e. The molecule has 0 bridgehead atoms. The van der Waals surface area contributed by atoms with Gasteiger partial charge in [0.15, 0.2) is 0 Å². The maximum absolute atomic E-state index is 13.5. The number of nitrogens with zero attached hydrogens (tertiary/aromatic N) is 2. The van der Waals surface area contributed by atoms with E-state index in [2.05, 4.69) is 15.0 Å². The molecule has 1 heterocycles. The first-order valence-electron chi connectivity index (χ1n) is 10.8. The highest BCUT2D eigenvalue weighted by atomic mass is 32.2. The first-order chi connectivity index (χ1) is 17.6. The molecule has 1 amide bonds. The number of halogens is 1. The maximum atomic E-state index is 13.5. The summed E-state index contributed by atoms with van der Waals surface area (Å²) >= 11 is 0. The number of amides is 1. The van der Waals surface area contributed by atoms with E-state index in [1.807, 2.05) is 0 Å². The Labute approximate surface area is 213 Å². The van der Waals surface area contributed by atoms with E-state index in [1.165, 1.54) is 60.9 Å². The van der Waals surface area contributed by atoms with Crippen LogP contribution in [-0.4, -0.2) is 34.3 Å². The fourth-order valence-corrected chi connectivity index (χ4v) is 5.81. The molecule has 0 unspecified atom stereocenters. The lowest BCUT2D eigenvalue weighted by Crippen LogP contribution is -2.38. The van der Waals surface area contributed by atoms with Gasteiger partial charge in [-0.3, -0.25) is 18.8 Å². The normalized spacial score (nSPS) is 11.5. The zero-order chi connectivity index (χ0) is 26.5. The van der Waals surface area contributed by atoms with Gasteiger partial charge in [0.2, 0.25) is 5.91 Å². The molecular weight excluding hydrogens is 519 g/mol. The Hall–Kier alpha value is -4.29. The Morgan fingerprint density at radius 3 is 2.08 bits per heavy atom. The third kappa shape index (κ3) is 6.29. The summed E-state index contributed by atoms with van der Waals surface area (Å²) in [6.45, 7) is -0.606. The Morgan fingerprint density at radius 1 is 0.784 bits per heavy atom. The topological polar surface area (TPSA) is 126 Å². The first kappa shape index (κ1) is 25.8. The van der Waals surface area contributed by atoms with E-state index in [0.717, 1.165) is 16.4 Å². The van der Waals surface area contributed by atoms with Gasteiger partial charge in [0.05, 0.1) is 27.4 Å². The van der Waals surface area contributed by atoms with Crippen molar-refractivity contribution in [3.63, 3.8) is 0 Å². The number of carbonyl (C=O) groups is 1. The van der Waals surface area contributed by atoms with Crippen LogP contribution in [-0.2, 0) is 24.8 Å². The van der Waals surface area contributed by atoms with Crippen molar-refractivity contribution < 1.29 is 26.0 Å². The summed E-state index contributed by atoms with van der Waals surface area (Å²) < 4.78 is 68.5. The molecule has 0 fully saturated rings. The molecule has 4 aromatic rings. The van der Waals surface area contributed by atoms with Crippen LogP contribution < -0.4 is 14.3 Å². The fourth-order valence-electron chi connectivity index (χ4n) is 3.33. The van der Waals surface area contributed by atoms with Crippen molar-refractivity contribution in [2.75, 3.05) is 20.9 Å². The molecule has 0 aliphatic heterocycles. The summed E-state index contributed by atoms with van der Waals surface area (Å²) in [6, 6.07) is 20.7. The molecule has 12 heteroatoms. The van der Waals surface area contributed by atoms with Crippen molar-refractivity contribution in [3.05, 3.63) is 109 Å². The van der Waals surface area contributed by atoms with Crippen molar-refractivity contribution in [2.24, 2.45) is 0 Å². The number of anilines is 3. The molecule has 9 nitrogen and oxygen atoms in total. The zero-order valence-corrected chi connectivity index (χ0v) is 20.8. The average molecular weight is 541 g/mol. The fraction of sp³-hybridized carbons (Fsp3) is 0.0400. The van der Waals surface area contributed by atoms with Gasteiger partial charge in [0, 0.05) is 11.9 Å². The molecule has 3 aromatic carbocycles. The molecule has 0 radical (unpaired) electrons. The molecule has 190 valence electrons. The van der Waals surface area contributed by atoms with Gasteiger partial charge in [-0.15, -0.1) is 0 Å². The number of hydrogen-bond acceptors (Lipinski definition) is 6. The number of pyridine rings is 1. The van der Waals surface area contributed by atoms with Crippen molar-refractivity contribution in [1.29, 1.82) is 0 Å². The van der Waals surface area contributed by atoms with Gasteiger partial charge in [-0.2, -0.15) is 0 Å². The molecule has 0 aliphatic rings. The van der Waals surface area contributed by atoms with E-state index >= 15 is 0 Å². The third-order valence-corrected chi connectivity index (χ3v) is 8.28. The van der Waals surface area contributed by atoms with E-state index < -0.39 is 38.3 Å². The van der Waals surface area contributed by atoms with E-state index in [9.17, 15) is 26.0 Å². The summed E-state index contributed by atoms with van der Waals surface area (Å²) in [6.07, 6.45) is 2.88. The van der Waals surface area contributed by atoms with Crippen LogP contribution in [0.25, 0.3) is 0 Å². The average Bonchev–Trinajstić information content (AvgIpc) is 2.89. The highest BCUT2D eigenvalue weighted by molar-refractivity contribution is 7.93. The number of rotatable bonds is 9. The van der Waals surface area contributed by atoms with Crippen LogP contribution in [0, 0.1) is 5.82 Å². The minimum atomic E-state index is -4.15. The number of nitrogens with one attached hydrogen (secondary N) is 2. The highest BCUT2D eigenvalue weighted by Gasteiger charge is 2.27. The number of hydrogen-bond donors (Lipinski definition) is 2. The van der Waals surface area contributed by atoms with Gasteiger partial charge >= 0.3 is 0 Å². The second kappa shape index (κ2) is 10.8. The molecule has 4 rings (SSSR count). The standard InChI is InChI=1S/C25H21FN4O5S2/c26-19-8-12-22(13-9-19)30(37(34,35)24-6-2-1-3-7-24)18-25(31)28-20-10-14-23(15-11-20)36(32,33)29-21-5-4-16-27-17-21/h1-17,29H,18H2,(H,28,31). The number of aromatic nitrogens is 1. The monoisotopic (exact) mass is 540 g/mol. The summed E-state index contributed by atoms with van der Waals surface area (Å²) in [5.41, 5.74) is 0.644. The summed E-state index contributed by atoms with van der Waals surface area (Å²) in [4.78, 5) is 16.6. The molecule has 2 N–H and O–H groups in total. The summed E-state index contributed by atoms with van der Waals surface area (Å²) in [5, 5.41) is 2.56. The lowest BCUT2D eigenvalue weighted by Gasteiger charge is -2.24. The second-order valence-electron chi connectivity index (χ2n) is 7.72. The summed E-state index contributed by atoms with van der Waals surface area (Å²) in [7, 11) is -8.04. The van der Waals surface area contributed by atoms with Gasteiger partial charge in [-0.1, -0.05) is 18.2 Å². The minimum Gasteiger partial charge on any atom is -0.325 e. The smallest absolute Gasteiger partial charge is 0.264 e. The van der Waals surface area contributed by atoms with Gasteiger partial charge in [0.1, 0.15) is 12.4 Å². The van der Waals surface area contributed by atoms with E-state index in [4.69, 9.17) is 0 Å². The maximum Gasteiger partial charge on any atom is 0.264 e. The molecule has 0 aliphatic carbocycles. The van der Waals surface area contributed by atoms with Crippen molar-refractivity contribution in [2.45, 2.75) is 9.79 Å². The van der Waals surface area contributed by atoms with Crippen LogP contribution in [0.3, 0.4) is 0 Å². The lowest BCUT2D eigenvalue weighted by atomic mass is 10.3. The van der Waals surface area contributed by atoms with Crippen LogP contribution in [0.5, 0.6) is 0 Å². The van der Waals surface area contributed by atoms with Crippen LogP contribution >= 0.6 is 0 Å². The number of benzene rings is 3. The van der Waals surface area contributed by atoms with E-state index in [0.29, 0.717) is 5.69 Å². The van der Waals surface area contributed by atoms with Crippen molar-refractivity contribution >= 4 is 43.0 Å².